The largest absolute Gasteiger partial charge is 0.495 e. The van der Waals surface area contributed by atoms with Gasteiger partial charge in [0.2, 0.25) is 0 Å². The molecule has 4 rings (SSSR count). The fourth-order valence-corrected chi connectivity index (χ4v) is 5.09. The van der Waals surface area contributed by atoms with Gasteiger partial charge in [-0.25, -0.2) is 18.1 Å². The Labute approximate surface area is 195 Å². The van der Waals surface area contributed by atoms with E-state index >= 15 is 0 Å². The highest BCUT2D eigenvalue weighted by molar-refractivity contribution is 7.90. The molecule has 0 atom stereocenters. The fraction of sp³-hybridized carbons (Fsp3) is 0.217. The predicted octanol–water partition coefficient (Wildman–Crippen LogP) is 4.18. The van der Waals surface area contributed by atoms with Gasteiger partial charge in [0.05, 0.1) is 12.6 Å². The first kappa shape index (κ1) is 22.8. The highest BCUT2D eigenvalue weighted by Gasteiger charge is 2.26. The molecule has 0 bridgehead atoms. The van der Waals surface area contributed by atoms with Crippen LogP contribution in [0.15, 0.2) is 58.9 Å². The molecule has 1 N–H and O–H groups in total. The number of carbonyl (C=O) groups is 1. The molecular formula is C23H22N4O4S2. The Morgan fingerprint density at radius 3 is 2.55 bits per heavy atom. The van der Waals surface area contributed by atoms with Gasteiger partial charge in [0.1, 0.15) is 26.9 Å². The molecule has 2 heterocycles. The zero-order valence-corrected chi connectivity index (χ0v) is 20.1. The molecule has 0 aliphatic rings. The number of hydrogen-bond acceptors (Lipinski definition) is 8. The van der Waals surface area contributed by atoms with Gasteiger partial charge in [-0.2, -0.15) is 0 Å². The smallest absolute Gasteiger partial charge is 0.283 e. The van der Waals surface area contributed by atoms with Crippen molar-refractivity contribution in [3.8, 4) is 16.3 Å². The van der Waals surface area contributed by atoms with E-state index in [2.05, 4.69) is 19.9 Å². The number of ether oxygens (including phenoxy) is 1. The third-order valence-corrected chi connectivity index (χ3v) is 7.18. The summed E-state index contributed by atoms with van der Waals surface area (Å²) in [5.74, 6) is -0.682. The van der Waals surface area contributed by atoms with Crippen LogP contribution in [0.1, 0.15) is 36.8 Å². The van der Waals surface area contributed by atoms with Crippen LogP contribution < -0.4 is 9.46 Å². The number of nitrogens with one attached hydrogen (secondary N) is 1. The molecule has 33 heavy (non-hydrogen) atoms. The summed E-state index contributed by atoms with van der Waals surface area (Å²) in [6.07, 6.45) is 0. The van der Waals surface area contributed by atoms with Crippen molar-refractivity contribution >= 4 is 38.2 Å². The van der Waals surface area contributed by atoms with Gasteiger partial charge in [0, 0.05) is 10.9 Å². The summed E-state index contributed by atoms with van der Waals surface area (Å²) in [5.41, 5.74) is 3.50. The van der Waals surface area contributed by atoms with E-state index in [0.717, 1.165) is 21.5 Å². The molecular weight excluding hydrogens is 460 g/mol. The van der Waals surface area contributed by atoms with Gasteiger partial charge in [-0.1, -0.05) is 50.3 Å². The molecule has 0 fully saturated rings. The van der Waals surface area contributed by atoms with E-state index in [1.165, 1.54) is 30.6 Å². The normalized spacial score (nSPS) is 12.0. The predicted molar refractivity (Wildman–Crippen MR) is 127 cm³/mol. The Bertz CT molecular complexity index is 1440. The lowest BCUT2D eigenvalue weighted by atomic mass is 9.87. The van der Waals surface area contributed by atoms with E-state index in [1.54, 1.807) is 35.8 Å². The van der Waals surface area contributed by atoms with Crippen LogP contribution in [0.4, 0.5) is 0 Å². The summed E-state index contributed by atoms with van der Waals surface area (Å²) in [7, 11) is -2.83. The standard InChI is InChI=1S/C23H22N4O4S2/c1-23(2,3)14-8-11-19(31-4)20(12-14)33(29,30)27-21(28)18-10-9-15-16(22-26-24-13-32-22)6-5-7-17(15)25-18/h5-13H,1-4H3,(H,27,28). The number of sulfonamides is 1. The summed E-state index contributed by atoms with van der Waals surface area (Å²) in [4.78, 5) is 17.1. The van der Waals surface area contributed by atoms with Crippen LogP contribution in [0.2, 0.25) is 0 Å². The Morgan fingerprint density at radius 2 is 1.88 bits per heavy atom. The van der Waals surface area contributed by atoms with Crippen LogP contribution in [-0.4, -0.2) is 36.6 Å². The molecule has 0 saturated heterocycles. The average molecular weight is 483 g/mol. The van der Waals surface area contributed by atoms with E-state index in [-0.39, 0.29) is 21.8 Å². The van der Waals surface area contributed by atoms with Crippen molar-refractivity contribution in [1.82, 2.24) is 19.9 Å². The van der Waals surface area contributed by atoms with Crippen molar-refractivity contribution in [2.24, 2.45) is 0 Å². The SMILES string of the molecule is COc1ccc(C(C)(C)C)cc1S(=O)(=O)NC(=O)c1ccc2c(-c3nncs3)cccc2n1. The summed E-state index contributed by atoms with van der Waals surface area (Å²) in [6, 6.07) is 13.6. The molecule has 8 nitrogen and oxygen atoms in total. The number of carbonyl (C=O) groups excluding carboxylic acids is 1. The quantitative estimate of drug-likeness (QED) is 0.454. The van der Waals surface area contributed by atoms with E-state index < -0.39 is 15.9 Å². The zero-order valence-electron chi connectivity index (χ0n) is 18.5. The number of hydrogen-bond donors (Lipinski definition) is 1. The number of fused-ring (bicyclic) bond motifs is 1. The molecule has 2 aromatic carbocycles. The number of nitrogens with zero attached hydrogens (tertiary/aromatic N) is 3. The number of benzene rings is 2. The molecule has 0 spiro atoms. The monoisotopic (exact) mass is 482 g/mol. The first-order chi connectivity index (χ1) is 15.6. The van der Waals surface area contributed by atoms with Crippen molar-refractivity contribution in [2.45, 2.75) is 31.1 Å². The van der Waals surface area contributed by atoms with E-state index in [9.17, 15) is 13.2 Å². The van der Waals surface area contributed by atoms with Crippen LogP contribution in [-0.2, 0) is 15.4 Å². The van der Waals surface area contributed by atoms with Gasteiger partial charge in [0.25, 0.3) is 15.9 Å². The minimum Gasteiger partial charge on any atom is -0.495 e. The minimum atomic E-state index is -4.21. The van der Waals surface area contributed by atoms with Crippen LogP contribution >= 0.6 is 11.3 Å². The molecule has 2 aromatic heterocycles. The molecule has 0 unspecified atom stereocenters. The van der Waals surface area contributed by atoms with Gasteiger partial charge in [-0.3, -0.25) is 4.79 Å². The highest BCUT2D eigenvalue weighted by atomic mass is 32.2. The number of rotatable bonds is 5. The number of methoxy groups -OCH3 is 1. The van der Waals surface area contributed by atoms with Crippen molar-refractivity contribution < 1.29 is 17.9 Å². The van der Waals surface area contributed by atoms with E-state index in [4.69, 9.17) is 4.74 Å². The molecule has 0 aliphatic carbocycles. The van der Waals surface area contributed by atoms with Gasteiger partial charge in [-0.15, -0.1) is 10.2 Å². The van der Waals surface area contributed by atoms with Crippen LogP contribution in [0, 0.1) is 0 Å². The third kappa shape index (κ3) is 4.57. The Morgan fingerprint density at radius 1 is 1.09 bits per heavy atom. The molecule has 1 amide bonds. The summed E-state index contributed by atoms with van der Waals surface area (Å²) >= 11 is 1.39. The molecule has 0 saturated carbocycles. The molecule has 4 aromatic rings. The molecule has 10 heteroatoms. The highest BCUT2D eigenvalue weighted by Crippen LogP contribution is 2.31. The van der Waals surface area contributed by atoms with Crippen molar-refractivity contribution in [2.75, 3.05) is 7.11 Å². The maximum Gasteiger partial charge on any atom is 0.283 e. The van der Waals surface area contributed by atoms with E-state index in [1.807, 2.05) is 26.8 Å². The van der Waals surface area contributed by atoms with Crippen LogP contribution in [0.25, 0.3) is 21.5 Å². The van der Waals surface area contributed by atoms with Crippen molar-refractivity contribution in [1.29, 1.82) is 0 Å². The lowest BCUT2D eigenvalue weighted by molar-refractivity contribution is 0.0977. The van der Waals surface area contributed by atoms with E-state index in [0.29, 0.717) is 5.52 Å². The second-order valence-corrected chi connectivity index (χ2v) is 10.8. The summed E-state index contributed by atoms with van der Waals surface area (Å²) in [6.45, 7) is 5.91. The first-order valence-electron chi connectivity index (χ1n) is 10.0. The minimum absolute atomic E-state index is 0.0218. The Hall–Kier alpha value is -3.37. The second kappa shape index (κ2) is 8.53. The lowest BCUT2D eigenvalue weighted by Gasteiger charge is -2.21. The maximum absolute atomic E-state index is 13.1. The van der Waals surface area contributed by atoms with Gasteiger partial charge >= 0.3 is 0 Å². The summed E-state index contributed by atoms with van der Waals surface area (Å²) in [5, 5.41) is 9.46. The number of pyridine rings is 1. The van der Waals surface area contributed by atoms with Crippen LogP contribution in [0.3, 0.4) is 0 Å². The second-order valence-electron chi connectivity index (χ2n) is 8.36. The Kier molecular flexibility index (Phi) is 5.89. The zero-order chi connectivity index (χ0) is 23.8. The summed E-state index contributed by atoms with van der Waals surface area (Å²) < 4.78 is 33.5. The van der Waals surface area contributed by atoms with Crippen molar-refractivity contribution in [3.05, 3.63) is 65.3 Å². The van der Waals surface area contributed by atoms with Gasteiger partial charge in [0.15, 0.2) is 0 Å². The number of aromatic nitrogens is 3. The van der Waals surface area contributed by atoms with Crippen LogP contribution in [0.5, 0.6) is 5.75 Å². The van der Waals surface area contributed by atoms with Gasteiger partial charge < -0.3 is 4.74 Å². The lowest BCUT2D eigenvalue weighted by Crippen LogP contribution is -2.31. The van der Waals surface area contributed by atoms with Gasteiger partial charge in [-0.05, 0) is 41.3 Å². The molecule has 0 aliphatic heterocycles. The topological polar surface area (TPSA) is 111 Å². The number of amides is 1. The maximum atomic E-state index is 13.1. The first-order valence-corrected chi connectivity index (χ1v) is 12.4. The average Bonchev–Trinajstić information content (AvgIpc) is 3.31. The van der Waals surface area contributed by atoms with Crippen molar-refractivity contribution in [3.63, 3.8) is 0 Å². The molecule has 170 valence electrons. The Balaban J connectivity index is 1.68. The molecule has 0 radical (unpaired) electrons. The third-order valence-electron chi connectivity index (χ3n) is 5.10. The fourth-order valence-electron chi connectivity index (χ4n) is 3.34.